The molecule has 0 saturated carbocycles. The van der Waals surface area contributed by atoms with Gasteiger partial charge in [-0.15, -0.1) is 0 Å². The highest BCUT2D eigenvalue weighted by molar-refractivity contribution is 5.78. The summed E-state index contributed by atoms with van der Waals surface area (Å²) in [5.74, 6) is 1.06. The van der Waals surface area contributed by atoms with E-state index in [1.54, 1.807) is 24.8 Å². The van der Waals surface area contributed by atoms with Gasteiger partial charge in [0, 0.05) is 25.1 Å². The molecule has 1 amide bonds. The first-order valence-corrected chi connectivity index (χ1v) is 6.08. The van der Waals surface area contributed by atoms with Crippen molar-refractivity contribution in [1.82, 2.24) is 10.1 Å². The van der Waals surface area contributed by atoms with Crippen molar-refractivity contribution in [2.45, 2.75) is 26.4 Å². The third-order valence-corrected chi connectivity index (χ3v) is 3.21. The standard InChI is InChI=1S/C12H18N2O4/c1-8-5-11(13-18-8)17-7-12(16)14-4-3-10(6-14)9(2)15/h5,9-10,15H,3-4,6-7H2,1-2H3. The van der Waals surface area contributed by atoms with Gasteiger partial charge in [0.1, 0.15) is 5.76 Å². The number of aryl methyl sites for hydroxylation is 1. The van der Waals surface area contributed by atoms with Crippen molar-refractivity contribution in [3.05, 3.63) is 11.8 Å². The fourth-order valence-corrected chi connectivity index (χ4v) is 2.05. The summed E-state index contributed by atoms with van der Waals surface area (Å²) in [4.78, 5) is 13.6. The fraction of sp³-hybridized carbons (Fsp3) is 0.667. The summed E-state index contributed by atoms with van der Waals surface area (Å²) >= 11 is 0. The van der Waals surface area contributed by atoms with Gasteiger partial charge in [-0.25, -0.2) is 0 Å². The number of nitrogens with zero attached hydrogens (tertiary/aromatic N) is 2. The van der Waals surface area contributed by atoms with Gasteiger partial charge in [0.05, 0.1) is 6.10 Å². The third kappa shape index (κ3) is 3.01. The van der Waals surface area contributed by atoms with Gasteiger partial charge in [0.25, 0.3) is 11.8 Å². The lowest BCUT2D eigenvalue weighted by molar-refractivity contribution is -0.132. The molecule has 2 rings (SSSR count). The largest absolute Gasteiger partial charge is 0.465 e. The van der Waals surface area contributed by atoms with Crippen LogP contribution in [0, 0.1) is 12.8 Å². The average molecular weight is 254 g/mol. The molecular weight excluding hydrogens is 236 g/mol. The van der Waals surface area contributed by atoms with Gasteiger partial charge in [0.15, 0.2) is 6.61 Å². The molecule has 1 aliphatic heterocycles. The molecule has 0 radical (unpaired) electrons. The second-order valence-corrected chi connectivity index (χ2v) is 4.69. The molecule has 1 aliphatic rings. The summed E-state index contributed by atoms with van der Waals surface area (Å²) in [5, 5.41) is 13.1. The van der Waals surface area contributed by atoms with Gasteiger partial charge in [-0.2, -0.15) is 0 Å². The topological polar surface area (TPSA) is 75.8 Å². The Bertz CT molecular complexity index is 416. The molecule has 6 nitrogen and oxygen atoms in total. The van der Waals surface area contributed by atoms with Gasteiger partial charge >= 0.3 is 0 Å². The molecule has 1 fully saturated rings. The minimum Gasteiger partial charge on any atom is -0.465 e. The van der Waals surface area contributed by atoms with E-state index in [1.807, 2.05) is 0 Å². The Morgan fingerprint density at radius 3 is 3.11 bits per heavy atom. The predicted octanol–water partition coefficient (Wildman–Crippen LogP) is 0.591. The molecule has 1 aromatic heterocycles. The number of rotatable bonds is 4. The molecular formula is C12H18N2O4. The Morgan fingerprint density at radius 1 is 1.78 bits per heavy atom. The van der Waals surface area contributed by atoms with Crippen molar-refractivity contribution >= 4 is 5.91 Å². The van der Waals surface area contributed by atoms with Crippen LogP contribution >= 0.6 is 0 Å². The number of hydrogen-bond donors (Lipinski definition) is 1. The zero-order valence-corrected chi connectivity index (χ0v) is 10.6. The fourth-order valence-electron chi connectivity index (χ4n) is 2.05. The van der Waals surface area contributed by atoms with Gasteiger partial charge < -0.3 is 19.3 Å². The van der Waals surface area contributed by atoms with Crippen LogP contribution in [0.2, 0.25) is 0 Å². The van der Waals surface area contributed by atoms with Crippen molar-refractivity contribution in [2.24, 2.45) is 5.92 Å². The van der Waals surface area contributed by atoms with E-state index in [0.29, 0.717) is 24.7 Å². The molecule has 2 atom stereocenters. The molecule has 0 aliphatic carbocycles. The molecule has 1 saturated heterocycles. The molecule has 2 unspecified atom stereocenters. The van der Waals surface area contributed by atoms with Crippen molar-refractivity contribution in [1.29, 1.82) is 0 Å². The van der Waals surface area contributed by atoms with E-state index in [2.05, 4.69) is 5.16 Å². The van der Waals surface area contributed by atoms with E-state index in [-0.39, 0.29) is 24.5 Å². The van der Waals surface area contributed by atoms with Crippen LogP contribution in [0.25, 0.3) is 0 Å². The number of aliphatic hydroxyl groups is 1. The third-order valence-electron chi connectivity index (χ3n) is 3.21. The predicted molar refractivity (Wildman–Crippen MR) is 63.1 cm³/mol. The lowest BCUT2D eigenvalue weighted by Crippen LogP contribution is -2.34. The maximum Gasteiger partial charge on any atom is 0.260 e. The van der Waals surface area contributed by atoms with Crippen LogP contribution in [0.5, 0.6) is 5.88 Å². The van der Waals surface area contributed by atoms with Crippen LogP contribution < -0.4 is 4.74 Å². The van der Waals surface area contributed by atoms with Crippen LogP contribution in [-0.2, 0) is 4.79 Å². The van der Waals surface area contributed by atoms with E-state index in [0.717, 1.165) is 6.42 Å². The van der Waals surface area contributed by atoms with Gasteiger partial charge in [-0.1, -0.05) is 0 Å². The average Bonchev–Trinajstić information content (AvgIpc) is 2.94. The number of hydrogen-bond acceptors (Lipinski definition) is 5. The van der Waals surface area contributed by atoms with Gasteiger partial charge in [-0.05, 0) is 25.4 Å². The minimum atomic E-state index is -0.373. The van der Waals surface area contributed by atoms with E-state index < -0.39 is 0 Å². The Kier molecular flexibility index (Phi) is 3.86. The SMILES string of the molecule is Cc1cc(OCC(=O)N2CCC(C(C)O)C2)no1. The molecule has 0 aromatic carbocycles. The number of ether oxygens (including phenoxy) is 1. The second kappa shape index (κ2) is 5.39. The minimum absolute atomic E-state index is 0.0432. The Labute approximate surface area is 106 Å². The summed E-state index contributed by atoms with van der Waals surface area (Å²) in [7, 11) is 0. The van der Waals surface area contributed by atoms with E-state index >= 15 is 0 Å². The van der Waals surface area contributed by atoms with Crippen molar-refractivity contribution in [3.63, 3.8) is 0 Å². The van der Waals surface area contributed by atoms with E-state index in [9.17, 15) is 9.90 Å². The monoisotopic (exact) mass is 254 g/mol. The molecule has 6 heteroatoms. The van der Waals surface area contributed by atoms with Crippen LogP contribution in [0.3, 0.4) is 0 Å². The Balaban J connectivity index is 1.79. The molecule has 0 spiro atoms. The van der Waals surface area contributed by atoms with Crippen molar-refractivity contribution < 1.29 is 19.2 Å². The second-order valence-electron chi connectivity index (χ2n) is 4.69. The maximum absolute atomic E-state index is 11.9. The highest BCUT2D eigenvalue weighted by Gasteiger charge is 2.29. The smallest absolute Gasteiger partial charge is 0.260 e. The maximum atomic E-state index is 11.9. The molecule has 1 aromatic rings. The number of aliphatic hydroxyl groups excluding tert-OH is 1. The number of amides is 1. The first-order chi connectivity index (χ1) is 8.56. The first-order valence-electron chi connectivity index (χ1n) is 6.08. The van der Waals surface area contributed by atoms with Gasteiger partial charge in [-0.3, -0.25) is 4.79 Å². The molecule has 0 bridgehead atoms. The molecule has 1 N–H and O–H groups in total. The van der Waals surface area contributed by atoms with Crippen LogP contribution in [0.15, 0.2) is 10.6 Å². The number of carbonyl (C=O) groups is 1. The van der Waals surface area contributed by atoms with Crippen LogP contribution in [-0.4, -0.2) is 46.9 Å². The van der Waals surface area contributed by atoms with Gasteiger partial charge in [0.2, 0.25) is 0 Å². The van der Waals surface area contributed by atoms with Crippen molar-refractivity contribution in [2.75, 3.05) is 19.7 Å². The summed E-state index contributed by atoms with van der Waals surface area (Å²) in [6.07, 6.45) is 0.467. The zero-order chi connectivity index (χ0) is 13.1. The van der Waals surface area contributed by atoms with E-state index in [4.69, 9.17) is 9.26 Å². The highest BCUT2D eigenvalue weighted by atomic mass is 16.5. The molecule has 18 heavy (non-hydrogen) atoms. The summed E-state index contributed by atoms with van der Waals surface area (Å²) in [5.41, 5.74) is 0. The van der Waals surface area contributed by atoms with Crippen LogP contribution in [0.1, 0.15) is 19.1 Å². The lowest BCUT2D eigenvalue weighted by atomic mass is 10.0. The first kappa shape index (κ1) is 12.9. The van der Waals surface area contributed by atoms with Crippen molar-refractivity contribution in [3.8, 4) is 5.88 Å². The molecule has 100 valence electrons. The normalized spacial score (nSPS) is 21.1. The lowest BCUT2D eigenvalue weighted by Gasteiger charge is -2.17. The quantitative estimate of drug-likeness (QED) is 0.851. The number of aromatic nitrogens is 1. The molecule has 2 heterocycles. The van der Waals surface area contributed by atoms with E-state index in [1.165, 1.54) is 0 Å². The highest BCUT2D eigenvalue weighted by Crippen LogP contribution is 2.19. The Hall–Kier alpha value is -1.56. The van der Waals surface area contributed by atoms with Crippen LogP contribution in [0.4, 0.5) is 0 Å². The number of likely N-dealkylation sites (tertiary alicyclic amines) is 1. The summed E-state index contributed by atoms with van der Waals surface area (Å²) < 4.78 is 10.1. The zero-order valence-electron chi connectivity index (χ0n) is 10.6. The summed E-state index contributed by atoms with van der Waals surface area (Å²) in [6.45, 7) is 4.74. The number of carbonyl (C=O) groups excluding carboxylic acids is 1. The summed E-state index contributed by atoms with van der Waals surface area (Å²) in [6, 6.07) is 1.63. The Morgan fingerprint density at radius 2 is 2.56 bits per heavy atom.